The van der Waals surface area contributed by atoms with Gasteiger partial charge in [0.2, 0.25) is 5.91 Å². The molecular weight excluding hydrogens is 240 g/mol. The van der Waals surface area contributed by atoms with Gasteiger partial charge >= 0.3 is 11.9 Å². The van der Waals surface area contributed by atoms with E-state index < -0.39 is 29.9 Å². The second-order valence-corrected chi connectivity index (χ2v) is 3.91. The van der Waals surface area contributed by atoms with Gasteiger partial charge in [0.1, 0.15) is 6.04 Å². The lowest BCUT2D eigenvalue weighted by atomic mass is 10.1. The predicted octanol–water partition coefficient (Wildman–Crippen LogP) is -0.364. The Labute approximate surface area is 106 Å². The molecule has 18 heavy (non-hydrogen) atoms. The Morgan fingerprint density at radius 1 is 1.33 bits per heavy atom. The number of carboxylic acid groups (broad SMARTS) is 1. The lowest BCUT2D eigenvalue weighted by Crippen LogP contribution is -2.48. The van der Waals surface area contributed by atoms with E-state index in [4.69, 9.17) is 10.8 Å². The molecule has 0 radical (unpaired) electrons. The van der Waals surface area contributed by atoms with Crippen LogP contribution in [0.15, 0.2) is 0 Å². The van der Waals surface area contributed by atoms with Gasteiger partial charge in [0, 0.05) is 6.42 Å². The fourth-order valence-corrected chi connectivity index (χ4v) is 1.34. The topological polar surface area (TPSA) is 119 Å². The molecule has 0 aliphatic rings. The highest BCUT2D eigenvalue weighted by molar-refractivity contribution is 5.87. The zero-order valence-corrected chi connectivity index (χ0v) is 10.6. The molecule has 7 nitrogen and oxygen atoms in total. The number of carbonyl (C=O) groups is 3. The number of esters is 1. The molecular formula is C11H20N2O5. The van der Waals surface area contributed by atoms with Crippen LogP contribution in [0.25, 0.3) is 0 Å². The van der Waals surface area contributed by atoms with Crippen molar-refractivity contribution in [1.82, 2.24) is 5.32 Å². The SMILES string of the molecule is CCCC(N)C(=O)N[C@@H](CCC(=O)OC)C(=O)O. The Hall–Kier alpha value is -1.63. The van der Waals surface area contributed by atoms with Crippen LogP contribution in [0.5, 0.6) is 0 Å². The molecule has 0 spiro atoms. The van der Waals surface area contributed by atoms with Crippen molar-refractivity contribution in [2.24, 2.45) is 5.73 Å². The summed E-state index contributed by atoms with van der Waals surface area (Å²) in [7, 11) is 1.22. The number of hydrogen-bond donors (Lipinski definition) is 3. The van der Waals surface area contributed by atoms with Crippen molar-refractivity contribution >= 4 is 17.8 Å². The number of hydrogen-bond acceptors (Lipinski definition) is 5. The maximum absolute atomic E-state index is 11.5. The molecule has 4 N–H and O–H groups in total. The van der Waals surface area contributed by atoms with Crippen LogP contribution in [0, 0.1) is 0 Å². The summed E-state index contributed by atoms with van der Waals surface area (Å²) in [6, 6.07) is -1.85. The largest absolute Gasteiger partial charge is 0.480 e. The summed E-state index contributed by atoms with van der Waals surface area (Å²) in [5.74, 6) is -2.24. The maximum atomic E-state index is 11.5. The van der Waals surface area contributed by atoms with E-state index in [0.29, 0.717) is 6.42 Å². The van der Waals surface area contributed by atoms with E-state index in [1.54, 1.807) is 0 Å². The van der Waals surface area contributed by atoms with Crippen LogP contribution in [0.3, 0.4) is 0 Å². The smallest absolute Gasteiger partial charge is 0.326 e. The number of rotatable bonds is 8. The fraction of sp³-hybridized carbons (Fsp3) is 0.727. The molecule has 0 rings (SSSR count). The van der Waals surface area contributed by atoms with Crippen molar-refractivity contribution in [2.45, 2.75) is 44.7 Å². The van der Waals surface area contributed by atoms with E-state index in [0.717, 1.165) is 6.42 Å². The Kier molecular flexibility index (Phi) is 7.69. The summed E-state index contributed by atoms with van der Waals surface area (Å²) in [4.78, 5) is 33.4. The van der Waals surface area contributed by atoms with Crippen molar-refractivity contribution in [1.29, 1.82) is 0 Å². The molecule has 0 fully saturated rings. The third-order valence-electron chi connectivity index (χ3n) is 2.42. The fourth-order valence-electron chi connectivity index (χ4n) is 1.34. The summed E-state index contributed by atoms with van der Waals surface area (Å²) >= 11 is 0. The minimum Gasteiger partial charge on any atom is -0.480 e. The van der Waals surface area contributed by atoms with Gasteiger partial charge in [0.05, 0.1) is 13.2 Å². The minimum atomic E-state index is -1.20. The number of carboxylic acids is 1. The van der Waals surface area contributed by atoms with Gasteiger partial charge in [-0.1, -0.05) is 13.3 Å². The molecule has 7 heteroatoms. The standard InChI is InChI=1S/C11H20N2O5/c1-3-4-7(12)10(15)13-8(11(16)17)5-6-9(14)18-2/h7-8H,3-6,12H2,1-2H3,(H,13,15)(H,16,17)/t7?,8-/m0/s1. The molecule has 0 aromatic rings. The number of aliphatic carboxylic acids is 1. The summed E-state index contributed by atoms with van der Waals surface area (Å²) in [6.45, 7) is 1.87. The number of nitrogens with one attached hydrogen (secondary N) is 1. The first kappa shape index (κ1) is 16.4. The molecule has 0 saturated carbocycles. The molecule has 0 aromatic carbocycles. The second-order valence-electron chi connectivity index (χ2n) is 3.91. The highest BCUT2D eigenvalue weighted by Gasteiger charge is 2.23. The van der Waals surface area contributed by atoms with Crippen LogP contribution in [0.4, 0.5) is 0 Å². The van der Waals surface area contributed by atoms with Crippen molar-refractivity contribution in [2.75, 3.05) is 7.11 Å². The zero-order valence-electron chi connectivity index (χ0n) is 10.6. The summed E-state index contributed by atoms with van der Waals surface area (Å²) in [6.07, 6.45) is 1.12. The van der Waals surface area contributed by atoms with Crippen LogP contribution in [0.2, 0.25) is 0 Å². The van der Waals surface area contributed by atoms with Gasteiger partial charge in [-0.3, -0.25) is 9.59 Å². The highest BCUT2D eigenvalue weighted by atomic mass is 16.5. The molecule has 1 amide bonds. The average molecular weight is 260 g/mol. The van der Waals surface area contributed by atoms with E-state index in [1.807, 2.05) is 6.92 Å². The third kappa shape index (κ3) is 6.19. The van der Waals surface area contributed by atoms with Gasteiger partial charge in [-0.2, -0.15) is 0 Å². The molecule has 0 saturated heterocycles. The molecule has 0 aromatic heterocycles. The van der Waals surface area contributed by atoms with Crippen molar-refractivity contribution in [3.8, 4) is 0 Å². The Balaban J connectivity index is 4.31. The third-order valence-corrected chi connectivity index (χ3v) is 2.42. The number of methoxy groups -OCH3 is 1. The van der Waals surface area contributed by atoms with Crippen LogP contribution < -0.4 is 11.1 Å². The van der Waals surface area contributed by atoms with Crippen molar-refractivity contribution < 1.29 is 24.2 Å². The first-order valence-electron chi connectivity index (χ1n) is 5.77. The number of carbonyl (C=O) groups excluding carboxylic acids is 2. The average Bonchev–Trinajstić information content (AvgIpc) is 2.33. The van der Waals surface area contributed by atoms with Crippen LogP contribution in [-0.4, -0.2) is 42.1 Å². The molecule has 0 aliphatic carbocycles. The van der Waals surface area contributed by atoms with Gasteiger partial charge in [-0.05, 0) is 12.8 Å². The Bertz CT molecular complexity index is 306. The van der Waals surface area contributed by atoms with E-state index in [9.17, 15) is 14.4 Å². The zero-order chi connectivity index (χ0) is 14.1. The molecule has 0 aliphatic heterocycles. The van der Waals surface area contributed by atoms with Gasteiger partial charge < -0.3 is 20.9 Å². The number of nitrogens with two attached hydrogens (primary N) is 1. The molecule has 2 atom stereocenters. The summed E-state index contributed by atoms with van der Waals surface area (Å²) in [5.41, 5.74) is 5.56. The highest BCUT2D eigenvalue weighted by Crippen LogP contribution is 2.01. The molecule has 1 unspecified atom stereocenters. The van der Waals surface area contributed by atoms with Gasteiger partial charge in [-0.25, -0.2) is 4.79 Å². The normalized spacial score (nSPS) is 13.5. The van der Waals surface area contributed by atoms with Gasteiger partial charge in [0.25, 0.3) is 0 Å². The second kappa shape index (κ2) is 8.46. The summed E-state index contributed by atoms with van der Waals surface area (Å²) < 4.78 is 4.40. The van der Waals surface area contributed by atoms with E-state index >= 15 is 0 Å². The Morgan fingerprint density at radius 3 is 2.39 bits per heavy atom. The minimum absolute atomic E-state index is 0.0212. The first-order valence-corrected chi connectivity index (χ1v) is 5.77. The summed E-state index contributed by atoms with van der Waals surface area (Å²) in [5, 5.41) is 11.2. The van der Waals surface area contributed by atoms with Crippen LogP contribution in [0.1, 0.15) is 32.6 Å². The first-order chi connectivity index (χ1) is 8.42. The monoisotopic (exact) mass is 260 g/mol. The Morgan fingerprint density at radius 2 is 1.94 bits per heavy atom. The number of amides is 1. The predicted molar refractivity (Wildman–Crippen MR) is 63.7 cm³/mol. The van der Waals surface area contributed by atoms with E-state index in [2.05, 4.69) is 10.1 Å². The number of ether oxygens (including phenoxy) is 1. The van der Waals surface area contributed by atoms with E-state index in [1.165, 1.54) is 7.11 Å². The van der Waals surface area contributed by atoms with Gasteiger partial charge in [0.15, 0.2) is 0 Å². The maximum Gasteiger partial charge on any atom is 0.326 e. The quantitative estimate of drug-likeness (QED) is 0.513. The van der Waals surface area contributed by atoms with Crippen molar-refractivity contribution in [3.05, 3.63) is 0 Å². The lowest BCUT2D eigenvalue weighted by Gasteiger charge is -2.17. The lowest BCUT2D eigenvalue weighted by molar-refractivity contribution is -0.144. The van der Waals surface area contributed by atoms with Gasteiger partial charge in [-0.15, -0.1) is 0 Å². The van der Waals surface area contributed by atoms with Crippen LogP contribution in [-0.2, 0) is 19.1 Å². The molecule has 0 heterocycles. The van der Waals surface area contributed by atoms with Crippen LogP contribution >= 0.6 is 0 Å². The molecule has 0 bridgehead atoms. The van der Waals surface area contributed by atoms with E-state index in [-0.39, 0.29) is 12.8 Å². The molecule has 104 valence electrons. The van der Waals surface area contributed by atoms with Crippen molar-refractivity contribution in [3.63, 3.8) is 0 Å².